The Balaban J connectivity index is 1.75. The summed E-state index contributed by atoms with van der Waals surface area (Å²) >= 11 is 0. The predicted molar refractivity (Wildman–Crippen MR) is 123 cm³/mol. The molecule has 0 spiro atoms. The number of nitrogens with one attached hydrogen (secondary N) is 2. The van der Waals surface area contributed by atoms with Gasteiger partial charge in [0.1, 0.15) is 5.82 Å². The minimum absolute atomic E-state index is 0.0950. The van der Waals surface area contributed by atoms with Crippen LogP contribution >= 0.6 is 0 Å². The smallest absolute Gasteiger partial charge is 0.231 e. The summed E-state index contributed by atoms with van der Waals surface area (Å²) in [7, 11) is 2.11. The van der Waals surface area contributed by atoms with E-state index in [0.717, 1.165) is 59.7 Å². The summed E-state index contributed by atoms with van der Waals surface area (Å²) < 4.78 is 0. The fourth-order valence-corrected chi connectivity index (χ4v) is 3.71. The van der Waals surface area contributed by atoms with Crippen LogP contribution in [0.15, 0.2) is 42.5 Å². The summed E-state index contributed by atoms with van der Waals surface area (Å²) in [5.41, 5.74) is 3.61. The van der Waals surface area contributed by atoms with Gasteiger partial charge in [-0.3, -0.25) is 14.9 Å². The Kier molecular flexibility index (Phi) is 5.81. The average Bonchev–Trinajstić information content (AvgIpc) is 2.73. The quantitative estimate of drug-likeness (QED) is 0.677. The van der Waals surface area contributed by atoms with Crippen molar-refractivity contribution in [2.45, 2.75) is 13.8 Å². The number of benzene rings is 2. The summed E-state index contributed by atoms with van der Waals surface area (Å²) in [5.74, 6) is 0.863. The number of amides is 2. The molecule has 1 aliphatic heterocycles. The molecule has 0 unspecified atom stereocenters. The number of nitrogens with zero attached hydrogens (tertiary/aromatic N) is 4. The number of carbonyl (C=O) groups is 2. The highest BCUT2D eigenvalue weighted by atomic mass is 16.2. The molecule has 1 aliphatic rings. The molecule has 160 valence electrons. The first-order valence-corrected chi connectivity index (χ1v) is 10.3. The van der Waals surface area contributed by atoms with Crippen LogP contribution in [0.1, 0.15) is 13.8 Å². The number of hydrogen-bond donors (Lipinski definition) is 2. The van der Waals surface area contributed by atoms with E-state index in [4.69, 9.17) is 0 Å². The van der Waals surface area contributed by atoms with E-state index < -0.39 is 0 Å². The lowest BCUT2D eigenvalue weighted by Crippen LogP contribution is -2.45. The topological polar surface area (TPSA) is 90.5 Å². The lowest BCUT2D eigenvalue weighted by Gasteiger charge is -2.33. The molecule has 1 saturated heterocycles. The molecule has 8 nitrogen and oxygen atoms in total. The van der Waals surface area contributed by atoms with E-state index in [1.54, 1.807) is 0 Å². The molecule has 8 heteroatoms. The Labute approximate surface area is 181 Å². The van der Waals surface area contributed by atoms with Crippen molar-refractivity contribution >= 4 is 40.2 Å². The maximum Gasteiger partial charge on any atom is 0.231 e. The average molecular weight is 419 g/mol. The highest BCUT2D eigenvalue weighted by molar-refractivity contribution is 5.96. The van der Waals surface area contributed by atoms with Crippen molar-refractivity contribution < 1.29 is 9.59 Å². The zero-order valence-electron chi connectivity index (χ0n) is 18.0. The second-order valence-electron chi connectivity index (χ2n) is 7.83. The van der Waals surface area contributed by atoms with Crippen LogP contribution in [0.4, 0.5) is 17.5 Å². The van der Waals surface area contributed by atoms with Crippen molar-refractivity contribution in [1.82, 2.24) is 14.9 Å². The van der Waals surface area contributed by atoms with Crippen molar-refractivity contribution in [2.75, 3.05) is 48.8 Å². The molecule has 1 fully saturated rings. The number of rotatable bonds is 4. The van der Waals surface area contributed by atoms with Crippen LogP contribution in [0, 0.1) is 0 Å². The Morgan fingerprint density at radius 2 is 1.48 bits per heavy atom. The molecule has 0 bridgehead atoms. The van der Waals surface area contributed by atoms with Crippen LogP contribution in [0.3, 0.4) is 0 Å². The van der Waals surface area contributed by atoms with Gasteiger partial charge in [0.05, 0.1) is 5.52 Å². The molecule has 2 N–H and O–H groups in total. The second kappa shape index (κ2) is 8.69. The van der Waals surface area contributed by atoms with Crippen molar-refractivity contribution in [2.24, 2.45) is 0 Å². The molecular weight excluding hydrogens is 392 g/mol. The Bertz CT molecular complexity index is 1120. The summed E-state index contributed by atoms with van der Waals surface area (Å²) in [6.07, 6.45) is 0. The fraction of sp³-hybridized carbons (Fsp3) is 0.304. The van der Waals surface area contributed by atoms with Crippen molar-refractivity contribution in [1.29, 1.82) is 0 Å². The summed E-state index contributed by atoms with van der Waals surface area (Å²) in [6.45, 7) is 6.56. The summed E-state index contributed by atoms with van der Waals surface area (Å²) in [5, 5.41) is 6.45. The Morgan fingerprint density at radius 1 is 0.839 bits per heavy atom. The van der Waals surface area contributed by atoms with Gasteiger partial charge in [0.15, 0.2) is 0 Å². The second-order valence-corrected chi connectivity index (χ2v) is 7.83. The SMILES string of the molecule is CC(=O)Nc1ccc(-c2ccc3nc(NC(C)=O)nc(N4CCN(C)CC4)c3c2)cc1. The minimum Gasteiger partial charge on any atom is -0.353 e. The molecule has 2 heterocycles. The number of hydrogen-bond acceptors (Lipinski definition) is 6. The third-order valence-corrected chi connectivity index (χ3v) is 5.30. The maximum absolute atomic E-state index is 11.6. The number of fused-ring (bicyclic) bond motifs is 1. The number of piperazine rings is 1. The Hall–Kier alpha value is -3.52. The van der Waals surface area contributed by atoms with Crippen LogP contribution in [0.5, 0.6) is 0 Å². The van der Waals surface area contributed by atoms with Crippen LogP contribution < -0.4 is 15.5 Å². The number of anilines is 3. The third-order valence-electron chi connectivity index (χ3n) is 5.30. The number of likely N-dealkylation sites (N-methyl/N-ethyl adjacent to an activating group) is 1. The molecule has 4 rings (SSSR count). The van der Waals surface area contributed by atoms with E-state index in [1.807, 2.05) is 36.4 Å². The van der Waals surface area contributed by atoms with Gasteiger partial charge >= 0.3 is 0 Å². The minimum atomic E-state index is -0.195. The summed E-state index contributed by atoms with van der Waals surface area (Å²) in [4.78, 5) is 36.6. The van der Waals surface area contributed by atoms with Crippen LogP contribution in [0.25, 0.3) is 22.0 Å². The van der Waals surface area contributed by atoms with Gasteiger partial charge < -0.3 is 15.1 Å². The van der Waals surface area contributed by atoms with Gasteiger partial charge in [-0.2, -0.15) is 4.98 Å². The van der Waals surface area contributed by atoms with Crippen molar-refractivity contribution in [3.63, 3.8) is 0 Å². The standard InChI is InChI=1S/C23H26N6O2/c1-15(30)24-19-7-4-17(5-8-19)18-6-9-21-20(14-18)22(27-23(26-21)25-16(2)31)29-12-10-28(3)11-13-29/h4-9,14H,10-13H2,1-3H3,(H,24,30)(H,25,26,27,31). The zero-order chi connectivity index (χ0) is 22.0. The van der Waals surface area contributed by atoms with E-state index in [0.29, 0.717) is 5.95 Å². The molecule has 0 atom stereocenters. The van der Waals surface area contributed by atoms with Gasteiger partial charge in [-0.05, 0) is 42.4 Å². The highest BCUT2D eigenvalue weighted by Gasteiger charge is 2.20. The third kappa shape index (κ3) is 4.80. The van der Waals surface area contributed by atoms with Crippen LogP contribution in [-0.4, -0.2) is 59.9 Å². The van der Waals surface area contributed by atoms with Crippen molar-refractivity contribution in [3.05, 3.63) is 42.5 Å². The molecule has 0 radical (unpaired) electrons. The van der Waals surface area contributed by atoms with Gasteiger partial charge in [0.25, 0.3) is 0 Å². The van der Waals surface area contributed by atoms with Crippen LogP contribution in [-0.2, 0) is 9.59 Å². The van der Waals surface area contributed by atoms with Gasteiger partial charge in [-0.1, -0.05) is 18.2 Å². The lowest BCUT2D eigenvalue weighted by molar-refractivity contribution is -0.115. The first-order chi connectivity index (χ1) is 14.9. The van der Waals surface area contributed by atoms with Gasteiger partial charge in [0, 0.05) is 51.1 Å². The van der Waals surface area contributed by atoms with E-state index >= 15 is 0 Å². The molecular formula is C23H26N6O2. The first-order valence-electron chi connectivity index (χ1n) is 10.3. The van der Waals surface area contributed by atoms with Gasteiger partial charge in [0.2, 0.25) is 17.8 Å². The molecule has 0 saturated carbocycles. The molecule has 2 aromatic carbocycles. The molecule has 2 amide bonds. The van der Waals surface area contributed by atoms with E-state index in [1.165, 1.54) is 13.8 Å². The molecule has 3 aromatic rings. The largest absolute Gasteiger partial charge is 0.353 e. The van der Waals surface area contributed by atoms with Gasteiger partial charge in [-0.25, -0.2) is 4.98 Å². The lowest BCUT2D eigenvalue weighted by atomic mass is 10.0. The number of carbonyl (C=O) groups excluding carboxylic acids is 2. The Morgan fingerprint density at radius 3 is 2.13 bits per heavy atom. The molecule has 31 heavy (non-hydrogen) atoms. The van der Waals surface area contributed by atoms with Crippen molar-refractivity contribution in [3.8, 4) is 11.1 Å². The molecule has 1 aromatic heterocycles. The van der Waals surface area contributed by atoms with Crippen LogP contribution in [0.2, 0.25) is 0 Å². The predicted octanol–water partition coefficient (Wildman–Crippen LogP) is 2.97. The molecule has 0 aliphatic carbocycles. The number of aromatic nitrogens is 2. The normalized spacial score (nSPS) is 14.5. The van der Waals surface area contributed by atoms with E-state index in [9.17, 15) is 9.59 Å². The van der Waals surface area contributed by atoms with Gasteiger partial charge in [-0.15, -0.1) is 0 Å². The fourth-order valence-electron chi connectivity index (χ4n) is 3.71. The van der Waals surface area contributed by atoms with E-state index in [2.05, 4.69) is 43.5 Å². The maximum atomic E-state index is 11.6. The first kappa shape index (κ1) is 20.7. The highest BCUT2D eigenvalue weighted by Crippen LogP contribution is 2.31. The summed E-state index contributed by atoms with van der Waals surface area (Å²) in [6, 6.07) is 13.8. The monoisotopic (exact) mass is 418 g/mol. The zero-order valence-corrected chi connectivity index (χ0v) is 18.0. The van der Waals surface area contributed by atoms with E-state index in [-0.39, 0.29) is 11.8 Å².